The molecule has 1 aromatic carbocycles. The van der Waals surface area contributed by atoms with E-state index < -0.39 is 17.0 Å². The second-order valence-electron chi connectivity index (χ2n) is 7.01. The maximum absolute atomic E-state index is 13.4. The fourth-order valence-corrected chi connectivity index (χ4v) is 3.86. The Labute approximate surface area is 151 Å². The number of amides is 3. The van der Waals surface area contributed by atoms with Gasteiger partial charge in [0.15, 0.2) is 11.6 Å². The first-order valence-electron chi connectivity index (χ1n) is 8.82. The minimum absolute atomic E-state index is 0.00694. The smallest absolute Gasteiger partial charge is 0.317 e. The van der Waals surface area contributed by atoms with Crippen LogP contribution in [0.15, 0.2) is 30.9 Å². The van der Waals surface area contributed by atoms with E-state index in [1.54, 1.807) is 15.9 Å². The van der Waals surface area contributed by atoms with Crippen molar-refractivity contribution in [1.29, 1.82) is 0 Å². The van der Waals surface area contributed by atoms with E-state index in [1.165, 1.54) is 6.07 Å². The third kappa shape index (κ3) is 3.57. The molecule has 0 aliphatic carbocycles. The maximum Gasteiger partial charge on any atom is 0.317 e. The molecular weight excluding hydrogens is 340 g/mol. The maximum atomic E-state index is 13.4. The van der Waals surface area contributed by atoms with Crippen molar-refractivity contribution in [2.45, 2.75) is 25.8 Å². The van der Waals surface area contributed by atoms with Gasteiger partial charge in [-0.3, -0.25) is 4.79 Å². The summed E-state index contributed by atoms with van der Waals surface area (Å²) in [6, 6.07) is 3.52. The van der Waals surface area contributed by atoms with Crippen LogP contribution in [0.25, 0.3) is 0 Å². The summed E-state index contributed by atoms with van der Waals surface area (Å²) < 4.78 is 26.5. The Bertz CT molecular complexity index is 725. The molecule has 1 N–H and O–H groups in total. The number of hydrogen-bond donors (Lipinski definition) is 1. The number of urea groups is 1. The van der Waals surface area contributed by atoms with E-state index in [1.807, 2.05) is 0 Å². The van der Waals surface area contributed by atoms with Crippen molar-refractivity contribution in [3.05, 3.63) is 48.1 Å². The molecule has 2 fully saturated rings. The van der Waals surface area contributed by atoms with Crippen LogP contribution in [0.2, 0.25) is 0 Å². The summed E-state index contributed by atoms with van der Waals surface area (Å²) in [6.07, 6.45) is 3.81. The summed E-state index contributed by atoms with van der Waals surface area (Å²) >= 11 is 0. The van der Waals surface area contributed by atoms with Crippen LogP contribution < -0.4 is 5.32 Å². The largest absolute Gasteiger partial charge is 0.338 e. The zero-order chi connectivity index (χ0) is 18.7. The second-order valence-corrected chi connectivity index (χ2v) is 7.01. The van der Waals surface area contributed by atoms with Gasteiger partial charge in [-0.15, -0.1) is 6.58 Å². The average molecular weight is 363 g/mol. The lowest BCUT2D eigenvalue weighted by molar-refractivity contribution is -0.146. The molecular formula is C19H23F2N3O2. The molecule has 2 heterocycles. The third-order valence-corrected chi connectivity index (χ3v) is 5.22. The number of carbonyl (C=O) groups excluding carboxylic acids is 2. The van der Waals surface area contributed by atoms with E-state index in [9.17, 15) is 18.4 Å². The predicted molar refractivity (Wildman–Crippen MR) is 93.2 cm³/mol. The molecule has 0 bridgehead atoms. The summed E-state index contributed by atoms with van der Waals surface area (Å²) in [5, 5.41) is 2.74. The molecule has 26 heavy (non-hydrogen) atoms. The number of likely N-dealkylation sites (tertiary alicyclic amines) is 2. The van der Waals surface area contributed by atoms with Gasteiger partial charge in [-0.25, -0.2) is 13.6 Å². The summed E-state index contributed by atoms with van der Waals surface area (Å²) in [6.45, 7) is 5.72. The lowest BCUT2D eigenvalue weighted by atomic mass is 9.78. The molecule has 140 valence electrons. The lowest BCUT2D eigenvalue weighted by Gasteiger charge is -2.39. The van der Waals surface area contributed by atoms with Crippen LogP contribution in [-0.2, 0) is 11.3 Å². The van der Waals surface area contributed by atoms with E-state index in [0.29, 0.717) is 38.2 Å². The first-order valence-corrected chi connectivity index (χ1v) is 8.82. The molecule has 2 aliphatic rings. The summed E-state index contributed by atoms with van der Waals surface area (Å²) in [5.74, 6) is -1.81. The van der Waals surface area contributed by atoms with Gasteiger partial charge in [0, 0.05) is 32.7 Å². The Balaban J connectivity index is 1.68. The first-order chi connectivity index (χ1) is 12.4. The van der Waals surface area contributed by atoms with Crippen molar-refractivity contribution in [3.63, 3.8) is 0 Å². The molecule has 0 aromatic heterocycles. The molecule has 1 spiro atoms. The fourth-order valence-electron chi connectivity index (χ4n) is 3.86. The summed E-state index contributed by atoms with van der Waals surface area (Å²) in [5.41, 5.74) is -0.00427. The minimum Gasteiger partial charge on any atom is -0.338 e. The van der Waals surface area contributed by atoms with Gasteiger partial charge < -0.3 is 15.1 Å². The van der Waals surface area contributed by atoms with Gasteiger partial charge in [-0.05, 0) is 37.0 Å². The molecule has 3 rings (SSSR count). The quantitative estimate of drug-likeness (QED) is 0.837. The van der Waals surface area contributed by atoms with Gasteiger partial charge in [-0.2, -0.15) is 0 Å². The van der Waals surface area contributed by atoms with E-state index in [-0.39, 0.29) is 18.5 Å². The Hall–Kier alpha value is -2.44. The van der Waals surface area contributed by atoms with Gasteiger partial charge in [0.05, 0.1) is 5.41 Å². The van der Waals surface area contributed by atoms with Crippen molar-refractivity contribution in [1.82, 2.24) is 15.1 Å². The zero-order valence-corrected chi connectivity index (χ0v) is 14.6. The standard InChI is InChI=1S/C19H23F2N3O2/c1-2-8-22-18(26)24-10-7-19(13-24)6-3-9-23(17(19)25)12-14-4-5-15(20)16(21)11-14/h2,4-5,11H,1,3,6-10,12-13H2,(H,22,26)/t19-/m0/s1. The van der Waals surface area contributed by atoms with Crippen LogP contribution >= 0.6 is 0 Å². The molecule has 1 atom stereocenters. The molecule has 0 radical (unpaired) electrons. The van der Waals surface area contributed by atoms with Crippen LogP contribution in [0.3, 0.4) is 0 Å². The number of hydrogen-bond acceptors (Lipinski definition) is 2. The van der Waals surface area contributed by atoms with Gasteiger partial charge in [0.1, 0.15) is 0 Å². The van der Waals surface area contributed by atoms with Crippen molar-refractivity contribution in [3.8, 4) is 0 Å². The Morgan fingerprint density at radius 2 is 2.08 bits per heavy atom. The number of rotatable bonds is 4. The number of halogens is 2. The third-order valence-electron chi connectivity index (χ3n) is 5.22. The lowest BCUT2D eigenvalue weighted by Crippen LogP contribution is -2.50. The van der Waals surface area contributed by atoms with Crippen LogP contribution in [-0.4, -0.2) is 47.9 Å². The molecule has 2 aliphatic heterocycles. The highest BCUT2D eigenvalue weighted by molar-refractivity contribution is 5.85. The monoisotopic (exact) mass is 363 g/mol. The highest BCUT2D eigenvalue weighted by atomic mass is 19.2. The van der Waals surface area contributed by atoms with Gasteiger partial charge in [-0.1, -0.05) is 12.1 Å². The van der Waals surface area contributed by atoms with Crippen LogP contribution in [0, 0.1) is 17.0 Å². The number of carbonyl (C=O) groups is 2. The van der Waals surface area contributed by atoms with Crippen molar-refractivity contribution in [2.24, 2.45) is 5.41 Å². The predicted octanol–water partition coefficient (Wildman–Crippen LogP) is 2.67. The zero-order valence-electron chi connectivity index (χ0n) is 14.6. The average Bonchev–Trinajstić information content (AvgIpc) is 3.05. The molecule has 0 saturated carbocycles. The van der Waals surface area contributed by atoms with Crippen LogP contribution in [0.4, 0.5) is 13.6 Å². The fraction of sp³-hybridized carbons (Fsp3) is 0.474. The summed E-state index contributed by atoms with van der Waals surface area (Å²) in [4.78, 5) is 28.6. The van der Waals surface area contributed by atoms with E-state index >= 15 is 0 Å². The topological polar surface area (TPSA) is 52.7 Å². The van der Waals surface area contributed by atoms with Crippen molar-refractivity contribution >= 4 is 11.9 Å². The van der Waals surface area contributed by atoms with E-state index in [0.717, 1.165) is 25.0 Å². The van der Waals surface area contributed by atoms with Crippen molar-refractivity contribution in [2.75, 3.05) is 26.2 Å². The molecule has 7 heteroatoms. The Morgan fingerprint density at radius 1 is 1.27 bits per heavy atom. The minimum atomic E-state index is -0.910. The number of benzene rings is 1. The number of nitrogens with zero attached hydrogens (tertiary/aromatic N) is 2. The second kappa shape index (κ2) is 7.43. The number of nitrogens with one attached hydrogen (secondary N) is 1. The number of piperidine rings is 1. The van der Waals surface area contributed by atoms with E-state index in [4.69, 9.17) is 0 Å². The molecule has 0 unspecified atom stereocenters. The highest BCUT2D eigenvalue weighted by Gasteiger charge is 2.49. The van der Waals surface area contributed by atoms with Crippen LogP contribution in [0.5, 0.6) is 0 Å². The Morgan fingerprint density at radius 3 is 2.81 bits per heavy atom. The van der Waals surface area contributed by atoms with Crippen LogP contribution in [0.1, 0.15) is 24.8 Å². The SMILES string of the molecule is C=CCNC(=O)N1CC[C@@]2(CCCN(Cc3ccc(F)c(F)c3)C2=O)C1. The highest BCUT2D eigenvalue weighted by Crippen LogP contribution is 2.40. The van der Waals surface area contributed by atoms with Gasteiger partial charge >= 0.3 is 6.03 Å². The molecule has 3 amide bonds. The summed E-state index contributed by atoms with van der Waals surface area (Å²) in [7, 11) is 0. The molecule has 2 saturated heterocycles. The molecule has 5 nitrogen and oxygen atoms in total. The van der Waals surface area contributed by atoms with Gasteiger partial charge in [0.2, 0.25) is 5.91 Å². The van der Waals surface area contributed by atoms with Crippen molar-refractivity contribution < 1.29 is 18.4 Å². The molecule has 1 aromatic rings. The van der Waals surface area contributed by atoms with E-state index in [2.05, 4.69) is 11.9 Å². The Kier molecular flexibility index (Phi) is 5.25. The first kappa shape index (κ1) is 18.4. The normalized spacial score (nSPS) is 22.8. The van der Waals surface area contributed by atoms with Gasteiger partial charge in [0.25, 0.3) is 0 Å².